The van der Waals surface area contributed by atoms with Crippen molar-refractivity contribution >= 4 is 63.2 Å². The van der Waals surface area contributed by atoms with Gasteiger partial charge in [0.05, 0.1) is 30.4 Å². The Bertz CT molecular complexity index is 1960. The molecule has 1 aromatic heterocycles. The number of pyridine rings is 1. The van der Waals surface area contributed by atoms with Crippen LogP contribution >= 0.6 is 23.4 Å². The molecule has 0 bridgehead atoms. The van der Waals surface area contributed by atoms with E-state index in [-0.39, 0.29) is 37.6 Å². The number of aliphatic carboxylic acids is 1. The molecule has 5 aliphatic rings. The van der Waals surface area contributed by atoms with Crippen molar-refractivity contribution in [3.8, 4) is 11.5 Å². The Morgan fingerprint density at radius 1 is 1.07 bits per heavy atom. The number of hydrogen-bond donors (Lipinski definition) is 3. The van der Waals surface area contributed by atoms with Crippen LogP contribution in [-0.4, -0.2) is 112 Å². The van der Waals surface area contributed by atoms with Crippen LogP contribution in [0.3, 0.4) is 0 Å². The molecule has 316 valence electrons. The zero-order valence-electron chi connectivity index (χ0n) is 34.3. The molecule has 7 rings (SSSR count). The molecule has 2 aliphatic heterocycles. The Balaban J connectivity index is 1.20. The maximum absolute atomic E-state index is 14.7. The van der Waals surface area contributed by atoms with Crippen LogP contribution in [0.2, 0.25) is 5.02 Å². The monoisotopic (exact) mass is 841 g/mol. The number of thioether (sulfide) groups is 1. The summed E-state index contributed by atoms with van der Waals surface area (Å²) in [5.74, 6) is 0.798. The zero-order valence-corrected chi connectivity index (χ0v) is 35.9. The fraction of sp³-hybridized carbons (Fsp3) is 0.667. The SMILES string of the molecule is CC[C@@H]1C[C@]1(NC(=O)[C@@H]1C[C@@H](Oc2cc(C3=NC(C(C)C)CS3)nc3c(Cl)c(OCCOC)ccc23)CN1C(=O)C(NC(=O)OC1C[C@@H]2C[C@@H]2C1)C(C)(C)C)C(=O)O. The van der Waals surface area contributed by atoms with Gasteiger partial charge in [-0.05, 0) is 66.9 Å². The highest BCUT2D eigenvalue weighted by molar-refractivity contribution is 8.14. The van der Waals surface area contributed by atoms with Crippen molar-refractivity contribution in [3.63, 3.8) is 0 Å². The quantitative estimate of drug-likeness (QED) is 0.177. The molecule has 0 radical (unpaired) electrons. The molecule has 16 heteroatoms. The molecule has 58 heavy (non-hydrogen) atoms. The van der Waals surface area contributed by atoms with E-state index >= 15 is 0 Å². The number of methoxy groups -OCH3 is 1. The number of rotatable bonds is 15. The number of alkyl carbamates (subject to hydrolysis) is 1. The number of ether oxygens (including phenoxy) is 4. The molecule has 1 aromatic carbocycles. The molecule has 14 nitrogen and oxygen atoms in total. The lowest BCUT2D eigenvalue weighted by molar-refractivity contribution is -0.146. The molecule has 3 heterocycles. The van der Waals surface area contributed by atoms with Crippen LogP contribution in [0.1, 0.15) is 85.8 Å². The number of amides is 3. The molecule has 2 aromatic rings. The van der Waals surface area contributed by atoms with E-state index in [0.29, 0.717) is 70.3 Å². The molecule has 3 saturated carbocycles. The first-order valence-electron chi connectivity index (χ1n) is 20.5. The van der Waals surface area contributed by atoms with Gasteiger partial charge >= 0.3 is 12.1 Å². The predicted octanol–water partition coefficient (Wildman–Crippen LogP) is 6.09. The van der Waals surface area contributed by atoms with E-state index in [4.69, 9.17) is 40.5 Å². The number of fused-ring (bicyclic) bond motifs is 2. The van der Waals surface area contributed by atoms with Gasteiger partial charge in [-0.15, -0.1) is 11.8 Å². The Morgan fingerprint density at radius 3 is 2.43 bits per heavy atom. The van der Waals surface area contributed by atoms with Gasteiger partial charge in [0.2, 0.25) is 11.8 Å². The minimum atomic E-state index is -1.41. The molecule has 3 aliphatic carbocycles. The van der Waals surface area contributed by atoms with Gasteiger partial charge in [-0.1, -0.05) is 59.6 Å². The number of likely N-dealkylation sites (tertiary alicyclic amines) is 1. The van der Waals surface area contributed by atoms with Crippen molar-refractivity contribution in [1.29, 1.82) is 0 Å². The number of hydrogen-bond acceptors (Lipinski definition) is 11. The van der Waals surface area contributed by atoms with Gasteiger partial charge in [-0.25, -0.2) is 14.6 Å². The van der Waals surface area contributed by atoms with Gasteiger partial charge in [0.1, 0.15) is 58.0 Å². The smallest absolute Gasteiger partial charge is 0.408 e. The standard InChI is InChI=1S/C42H56ClN5O9S/c1-8-24-18-42(24,39(51)52)47-36(49)30-16-26(19-48(30)38(50)35(41(4,5)6)46-40(53)57-25-14-22-13-23(22)15-25)56-32-17-28(37-45-29(20-58-37)21(2)3)44-34-27(32)9-10-31(33(34)43)55-12-11-54-7/h9-10,17,21-26,29-30,35H,8,11-16,18-20H2,1-7H3,(H,46,53)(H,47,49)(H,51,52)/t22-,23+,24-,25?,26-,29?,30+,35?,42-/m1/s1. The van der Waals surface area contributed by atoms with Crippen LogP contribution in [0.15, 0.2) is 23.2 Å². The van der Waals surface area contributed by atoms with Crippen LogP contribution in [0, 0.1) is 29.1 Å². The number of halogens is 1. The third-order valence-corrected chi connectivity index (χ3v) is 13.8. The number of carbonyl (C=O) groups is 4. The minimum absolute atomic E-state index is 0.0142. The first-order valence-corrected chi connectivity index (χ1v) is 21.8. The molecular weight excluding hydrogens is 786 g/mol. The number of aromatic nitrogens is 1. The van der Waals surface area contributed by atoms with Gasteiger partial charge in [0.15, 0.2) is 0 Å². The van der Waals surface area contributed by atoms with Gasteiger partial charge in [-0.2, -0.15) is 0 Å². The second-order valence-corrected chi connectivity index (χ2v) is 19.3. The summed E-state index contributed by atoms with van der Waals surface area (Å²) in [5, 5.41) is 17.5. The average Bonchev–Trinajstić information content (AvgIpc) is 3.81. The Morgan fingerprint density at radius 2 is 1.81 bits per heavy atom. The van der Waals surface area contributed by atoms with E-state index in [0.717, 1.165) is 23.6 Å². The fourth-order valence-corrected chi connectivity index (χ4v) is 10.2. The van der Waals surface area contributed by atoms with E-state index in [1.54, 1.807) is 24.9 Å². The normalized spacial score (nSPS) is 29.2. The van der Waals surface area contributed by atoms with E-state index in [1.807, 2.05) is 39.8 Å². The lowest BCUT2D eigenvalue weighted by Gasteiger charge is -2.35. The van der Waals surface area contributed by atoms with Gasteiger partial charge in [-0.3, -0.25) is 14.6 Å². The topological polar surface area (TPSA) is 178 Å². The number of nitrogens with zero attached hydrogens (tertiary/aromatic N) is 3. The van der Waals surface area contributed by atoms with Crippen molar-refractivity contribution in [2.45, 2.75) is 116 Å². The van der Waals surface area contributed by atoms with E-state index in [1.165, 1.54) is 11.3 Å². The summed E-state index contributed by atoms with van der Waals surface area (Å²) in [6, 6.07) is 3.34. The lowest BCUT2D eigenvalue weighted by atomic mass is 9.85. The summed E-state index contributed by atoms with van der Waals surface area (Å²) in [6.45, 7) is 12.3. The number of carbonyl (C=O) groups excluding carboxylic acids is 3. The Hall–Kier alpha value is -3.82. The highest BCUT2D eigenvalue weighted by Crippen LogP contribution is 2.52. The van der Waals surface area contributed by atoms with Gasteiger partial charge < -0.3 is 39.6 Å². The molecule has 3 N–H and O–H groups in total. The van der Waals surface area contributed by atoms with Crippen LogP contribution in [0.25, 0.3) is 10.9 Å². The highest BCUT2D eigenvalue weighted by Gasteiger charge is 2.61. The maximum Gasteiger partial charge on any atom is 0.408 e. The Labute approximate surface area is 348 Å². The van der Waals surface area contributed by atoms with Crippen LogP contribution in [-0.2, 0) is 23.9 Å². The molecule has 1 saturated heterocycles. The minimum Gasteiger partial charge on any atom is -0.490 e. The first kappa shape index (κ1) is 42.3. The van der Waals surface area contributed by atoms with Gasteiger partial charge in [0.25, 0.3) is 0 Å². The second kappa shape index (κ2) is 16.7. The van der Waals surface area contributed by atoms with Crippen molar-refractivity contribution in [2.75, 3.05) is 32.6 Å². The van der Waals surface area contributed by atoms with Gasteiger partial charge in [0, 0.05) is 30.7 Å². The van der Waals surface area contributed by atoms with Crippen LogP contribution in [0.4, 0.5) is 4.79 Å². The summed E-state index contributed by atoms with van der Waals surface area (Å²) in [6.07, 6.45) is 2.19. The summed E-state index contributed by atoms with van der Waals surface area (Å²) in [4.78, 5) is 66.1. The average molecular weight is 842 g/mol. The first-order chi connectivity index (χ1) is 27.5. The molecule has 9 atom stereocenters. The molecule has 0 spiro atoms. The van der Waals surface area contributed by atoms with E-state index in [2.05, 4.69) is 24.5 Å². The van der Waals surface area contributed by atoms with Crippen molar-refractivity contribution in [1.82, 2.24) is 20.5 Å². The van der Waals surface area contributed by atoms with Crippen LogP contribution < -0.4 is 20.1 Å². The zero-order chi connectivity index (χ0) is 41.7. The number of aliphatic imine (C=N–C) groups is 1. The Kier molecular flexibility index (Phi) is 12.2. The second-order valence-electron chi connectivity index (χ2n) is 17.9. The number of benzene rings is 1. The largest absolute Gasteiger partial charge is 0.490 e. The number of carboxylic acid groups (broad SMARTS) is 1. The highest BCUT2D eigenvalue weighted by atomic mass is 35.5. The summed E-state index contributed by atoms with van der Waals surface area (Å²) < 4.78 is 23.6. The van der Waals surface area contributed by atoms with Crippen molar-refractivity contribution < 1.29 is 43.2 Å². The molecular formula is C42H56ClN5O9S. The lowest BCUT2D eigenvalue weighted by Crippen LogP contribution is -2.59. The third-order valence-electron chi connectivity index (χ3n) is 12.4. The number of nitrogens with one attached hydrogen (secondary N) is 2. The van der Waals surface area contributed by atoms with Crippen molar-refractivity contribution in [2.24, 2.45) is 34.1 Å². The third kappa shape index (κ3) is 8.72. The molecule has 3 unspecified atom stereocenters. The van der Waals surface area contributed by atoms with Crippen LogP contribution in [0.5, 0.6) is 11.5 Å². The molecule has 4 fully saturated rings. The summed E-state index contributed by atoms with van der Waals surface area (Å²) in [7, 11) is 1.59. The summed E-state index contributed by atoms with van der Waals surface area (Å²) >= 11 is 8.57. The van der Waals surface area contributed by atoms with E-state index in [9.17, 15) is 24.3 Å². The molecule has 3 amide bonds. The fourth-order valence-electron chi connectivity index (χ4n) is 8.66. The maximum atomic E-state index is 14.7. The summed E-state index contributed by atoms with van der Waals surface area (Å²) in [5.41, 5.74) is -1.16. The number of carboxylic acids is 1. The van der Waals surface area contributed by atoms with Crippen molar-refractivity contribution in [3.05, 3.63) is 28.9 Å². The van der Waals surface area contributed by atoms with E-state index < -0.39 is 53.0 Å². The predicted molar refractivity (Wildman–Crippen MR) is 221 cm³/mol.